The molecule has 0 bridgehead atoms. The van der Waals surface area contributed by atoms with E-state index in [1.54, 1.807) is 35.6 Å². The molecule has 0 saturated carbocycles. The average Bonchev–Trinajstić information content (AvgIpc) is 2.85. The first-order valence-corrected chi connectivity index (χ1v) is 8.49. The van der Waals surface area contributed by atoms with Crippen molar-refractivity contribution in [3.8, 4) is 0 Å². The number of nitrogens with one attached hydrogen (secondary N) is 1. The Bertz CT molecular complexity index is 713. The number of carbonyl (C=O) groups excluding carboxylic acids is 1. The molecule has 7 heteroatoms. The molecule has 1 atom stereocenters. The number of aromatic nitrogens is 1. The summed E-state index contributed by atoms with van der Waals surface area (Å²) in [5, 5.41) is 12.3. The molecule has 0 aliphatic rings. The molecule has 1 heterocycles. The summed E-state index contributed by atoms with van der Waals surface area (Å²) >= 11 is 7.48. The van der Waals surface area contributed by atoms with E-state index in [1.807, 2.05) is 30.5 Å². The number of hydrogen-bond donors (Lipinski definition) is 2. The second kappa shape index (κ2) is 7.57. The van der Waals surface area contributed by atoms with Crippen molar-refractivity contribution in [2.45, 2.75) is 17.4 Å². The molecule has 5 nitrogen and oxygen atoms in total. The normalized spacial score (nSPS) is 12.0. The molecule has 2 rings (SSSR count). The molecule has 0 aliphatic carbocycles. The van der Waals surface area contributed by atoms with Crippen LogP contribution in [0.2, 0.25) is 5.02 Å². The monoisotopic (exact) mass is 352 g/mol. The summed E-state index contributed by atoms with van der Waals surface area (Å²) in [5.74, 6) is -1.34. The lowest BCUT2D eigenvalue weighted by Gasteiger charge is -2.18. The van der Waals surface area contributed by atoms with E-state index < -0.39 is 12.0 Å². The van der Waals surface area contributed by atoms with Gasteiger partial charge in [-0.15, -0.1) is 11.8 Å². The average molecular weight is 353 g/mol. The first kappa shape index (κ1) is 17.4. The first-order chi connectivity index (χ1) is 10.9. The smallest absolute Gasteiger partial charge is 0.305 e. The van der Waals surface area contributed by atoms with Gasteiger partial charge in [0.15, 0.2) is 0 Å². The van der Waals surface area contributed by atoms with Gasteiger partial charge in [0.05, 0.1) is 17.5 Å². The number of aliphatic carboxylic acids is 1. The van der Waals surface area contributed by atoms with Crippen LogP contribution in [-0.2, 0) is 11.8 Å². The van der Waals surface area contributed by atoms with Gasteiger partial charge in [0, 0.05) is 18.1 Å². The van der Waals surface area contributed by atoms with E-state index in [0.717, 1.165) is 10.5 Å². The molecule has 1 aromatic heterocycles. The van der Waals surface area contributed by atoms with Crippen LogP contribution in [0.25, 0.3) is 0 Å². The van der Waals surface area contributed by atoms with Crippen LogP contribution in [0.15, 0.2) is 41.4 Å². The van der Waals surface area contributed by atoms with Gasteiger partial charge in [-0.25, -0.2) is 0 Å². The minimum absolute atomic E-state index is 0.192. The lowest BCUT2D eigenvalue weighted by Crippen LogP contribution is -2.31. The highest BCUT2D eigenvalue weighted by Crippen LogP contribution is 2.22. The third-order valence-electron chi connectivity index (χ3n) is 3.41. The van der Waals surface area contributed by atoms with Crippen LogP contribution in [0, 0.1) is 0 Å². The van der Waals surface area contributed by atoms with Crippen molar-refractivity contribution >= 4 is 35.2 Å². The van der Waals surface area contributed by atoms with Crippen molar-refractivity contribution in [1.29, 1.82) is 0 Å². The third kappa shape index (κ3) is 4.53. The van der Waals surface area contributed by atoms with Crippen molar-refractivity contribution in [3.63, 3.8) is 0 Å². The number of halogens is 1. The maximum absolute atomic E-state index is 12.4. The number of hydrogen-bond acceptors (Lipinski definition) is 3. The van der Waals surface area contributed by atoms with E-state index in [-0.39, 0.29) is 12.3 Å². The molecule has 0 saturated heterocycles. The lowest BCUT2D eigenvalue weighted by atomic mass is 10.0. The van der Waals surface area contributed by atoms with Crippen LogP contribution in [-0.4, -0.2) is 27.8 Å². The Balaban J connectivity index is 2.22. The number of rotatable bonds is 6. The topological polar surface area (TPSA) is 71.3 Å². The predicted molar refractivity (Wildman–Crippen MR) is 91.1 cm³/mol. The number of carboxylic acid groups (broad SMARTS) is 1. The zero-order chi connectivity index (χ0) is 17.0. The number of amides is 1. The maximum atomic E-state index is 12.4. The molecule has 0 radical (unpaired) electrons. The minimum atomic E-state index is -0.978. The van der Waals surface area contributed by atoms with Gasteiger partial charge in [-0.05, 0) is 30.0 Å². The Hall–Kier alpha value is -1.92. The quantitative estimate of drug-likeness (QED) is 0.782. The molecule has 23 heavy (non-hydrogen) atoms. The molecule has 1 aromatic carbocycles. The lowest BCUT2D eigenvalue weighted by molar-refractivity contribution is -0.137. The molecule has 2 N–H and O–H groups in total. The van der Waals surface area contributed by atoms with Crippen molar-refractivity contribution in [3.05, 3.63) is 52.8 Å². The number of benzene rings is 1. The molecule has 2 aromatic rings. The highest BCUT2D eigenvalue weighted by Gasteiger charge is 2.20. The minimum Gasteiger partial charge on any atom is -0.481 e. The van der Waals surface area contributed by atoms with Crippen LogP contribution in [0.3, 0.4) is 0 Å². The summed E-state index contributed by atoms with van der Waals surface area (Å²) in [7, 11) is 1.71. The SMILES string of the molecule is CSc1ccc(C(CC(=O)O)NC(=O)c2cc(Cl)cn2C)cc1. The molecule has 1 unspecified atom stereocenters. The van der Waals surface area contributed by atoms with Crippen LogP contribution in [0.1, 0.15) is 28.5 Å². The van der Waals surface area contributed by atoms with Gasteiger partial charge in [-0.1, -0.05) is 23.7 Å². The summed E-state index contributed by atoms with van der Waals surface area (Å²) in [6.07, 6.45) is 3.39. The van der Waals surface area contributed by atoms with Crippen molar-refractivity contribution in [2.24, 2.45) is 7.05 Å². The summed E-state index contributed by atoms with van der Waals surface area (Å²) < 4.78 is 1.60. The standard InChI is InChI=1S/C16H17ClN2O3S/c1-19-9-11(17)7-14(19)16(22)18-13(8-15(20)21)10-3-5-12(23-2)6-4-10/h3-7,9,13H,8H2,1-2H3,(H,18,22)(H,20,21). The Morgan fingerprint density at radius 1 is 1.35 bits per heavy atom. The fourth-order valence-electron chi connectivity index (χ4n) is 2.25. The van der Waals surface area contributed by atoms with Gasteiger partial charge in [0.2, 0.25) is 0 Å². The van der Waals surface area contributed by atoms with Crippen molar-refractivity contribution in [1.82, 2.24) is 9.88 Å². The van der Waals surface area contributed by atoms with Crippen molar-refractivity contribution in [2.75, 3.05) is 6.26 Å². The van der Waals surface area contributed by atoms with E-state index in [4.69, 9.17) is 16.7 Å². The molecule has 0 aliphatic heterocycles. The zero-order valence-electron chi connectivity index (χ0n) is 12.7. The Labute approximate surface area is 143 Å². The van der Waals surface area contributed by atoms with Gasteiger partial charge < -0.3 is 15.0 Å². The Morgan fingerprint density at radius 2 is 2.00 bits per heavy atom. The van der Waals surface area contributed by atoms with Gasteiger partial charge in [-0.3, -0.25) is 9.59 Å². The summed E-state index contributed by atoms with van der Waals surface area (Å²) in [6.45, 7) is 0. The molecule has 0 fully saturated rings. The predicted octanol–water partition coefficient (Wildman–Crippen LogP) is 3.35. The summed E-state index contributed by atoms with van der Waals surface area (Å²) in [4.78, 5) is 24.6. The summed E-state index contributed by atoms with van der Waals surface area (Å²) in [6, 6.07) is 8.41. The zero-order valence-corrected chi connectivity index (χ0v) is 14.3. The van der Waals surface area contributed by atoms with E-state index in [9.17, 15) is 9.59 Å². The number of nitrogens with zero attached hydrogens (tertiary/aromatic N) is 1. The van der Waals surface area contributed by atoms with E-state index in [1.165, 1.54) is 0 Å². The molecule has 1 amide bonds. The summed E-state index contributed by atoms with van der Waals surface area (Å²) in [5.41, 5.74) is 1.13. The molecule has 122 valence electrons. The van der Waals surface area contributed by atoms with Gasteiger partial charge in [0.25, 0.3) is 5.91 Å². The molecular weight excluding hydrogens is 336 g/mol. The van der Waals surface area contributed by atoms with Crippen LogP contribution >= 0.6 is 23.4 Å². The largest absolute Gasteiger partial charge is 0.481 e. The number of carboxylic acids is 1. The van der Waals surface area contributed by atoms with Crippen LogP contribution in [0.4, 0.5) is 0 Å². The van der Waals surface area contributed by atoms with E-state index >= 15 is 0 Å². The van der Waals surface area contributed by atoms with E-state index in [0.29, 0.717) is 10.7 Å². The van der Waals surface area contributed by atoms with Gasteiger partial charge in [0.1, 0.15) is 5.69 Å². The van der Waals surface area contributed by atoms with Crippen LogP contribution in [0.5, 0.6) is 0 Å². The molecular formula is C16H17ClN2O3S. The fraction of sp³-hybridized carbons (Fsp3) is 0.250. The van der Waals surface area contributed by atoms with Crippen molar-refractivity contribution < 1.29 is 14.7 Å². The fourth-order valence-corrected chi connectivity index (χ4v) is 2.90. The highest BCUT2D eigenvalue weighted by molar-refractivity contribution is 7.98. The number of carbonyl (C=O) groups is 2. The van der Waals surface area contributed by atoms with E-state index in [2.05, 4.69) is 5.32 Å². The molecule has 0 spiro atoms. The number of thioether (sulfide) groups is 1. The Morgan fingerprint density at radius 3 is 2.48 bits per heavy atom. The Kier molecular flexibility index (Phi) is 5.74. The van der Waals surface area contributed by atoms with Crippen LogP contribution < -0.4 is 5.32 Å². The third-order valence-corrected chi connectivity index (χ3v) is 4.36. The highest BCUT2D eigenvalue weighted by atomic mass is 35.5. The second-order valence-corrected chi connectivity index (χ2v) is 6.37. The second-order valence-electron chi connectivity index (χ2n) is 5.05. The number of aryl methyl sites for hydroxylation is 1. The van der Waals surface area contributed by atoms with Gasteiger partial charge in [-0.2, -0.15) is 0 Å². The first-order valence-electron chi connectivity index (χ1n) is 6.89. The maximum Gasteiger partial charge on any atom is 0.305 e. The van der Waals surface area contributed by atoms with Gasteiger partial charge >= 0.3 is 5.97 Å².